The van der Waals surface area contributed by atoms with Gasteiger partial charge in [-0.3, -0.25) is 14.4 Å². The van der Waals surface area contributed by atoms with E-state index in [1.165, 1.54) is 4.90 Å². The molecule has 2 amide bonds. The van der Waals surface area contributed by atoms with Crippen molar-refractivity contribution in [2.45, 2.75) is 12.1 Å². The minimum atomic E-state index is -0.937. The van der Waals surface area contributed by atoms with Crippen molar-refractivity contribution >= 4 is 40.5 Å². The molecular formula is C26H24ClN3O4. The van der Waals surface area contributed by atoms with E-state index < -0.39 is 24.0 Å². The minimum absolute atomic E-state index is 0.304. The van der Waals surface area contributed by atoms with Crippen LogP contribution < -0.4 is 19.6 Å². The number of hydrogen-bond donors (Lipinski definition) is 0. The molecule has 7 nitrogen and oxygen atoms in total. The van der Waals surface area contributed by atoms with E-state index in [0.29, 0.717) is 22.1 Å². The molecule has 3 atom stereocenters. The Bertz CT molecular complexity index is 1230. The fourth-order valence-corrected chi connectivity index (χ4v) is 4.66. The van der Waals surface area contributed by atoms with E-state index in [-0.39, 0.29) is 5.91 Å². The first-order valence-corrected chi connectivity index (χ1v) is 11.3. The lowest BCUT2D eigenvalue weighted by Gasteiger charge is -2.29. The van der Waals surface area contributed by atoms with Crippen molar-refractivity contribution in [1.29, 1.82) is 0 Å². The number of anilines is 3. The Morgan fingerprint density at radius 3 is 2.26 bits per heavy atom. The van der Waals surface area contributed by atoms with E-state index in [1.54, 1.807) is 48.6 Å². The van der Waals surface area contributed by atoms with Crippen LogP contribution >= 0.6 is 11.6 Å². The Kier molecular flexibility index (Phi) is 5.67. The molecule has 2 saturated heterocycles. The fraction of sp³-hybridized carbons (Fsp3) is 0.231. The van der Waals surface area contributed by atoms with Gasteiger partial charge in [0.25, 0.3) is 5.91 Å². The van der Waals surface area contributed by atoms with Crippen LogP contribution in [0.1, 0.15) is 11.6 Å². The third kappa shape index (κ3) is 3.67. The van der Waals surface area contributed by atoms with Crippen molar-refractivity contribution in [2.75, 3.05) is 36.1 Å². The molecular weight excluding hydrogens is 454 g/mol. The topological polar surface area (TPSA) is 62.3 Å². The summed E-state index contributed by atoms with van der Waals surface area (Å²) in [7, 11) is 5.48. The van der Waals surface area contributed by atoms with E-state index in [4.69, 9.17) is 21.2 Å². The lowest BCUT2D eigenvalue weighted by molar-refractivity contribution is -0.126. The Morgan fingerprint density at radius 1 is 0.912 bits per heavy atom. The molecule has 0 radical (unpaired) electrons. The van der Waals surface area contributed by atoms with Gasteiger partial charge in [0, 0.05) is 30.9 Å². The van der Waals surface area contributed by atoms with Gasteiger partial charge in [-0.25, -0.2) is 9.96 Å². The maximum Gasteiger partial charge on any atom is 0.266 e. The number of halogens is 1. The highest BCUT2D eigenvalue weighted by Crippen LogP contribution is 2.48. The van der Waals surface area contributed by atoms with Gasteiger partial charge < -0.3 is 9.64 Å². The number of nitrogens with zero attached hydrogens (tertiary/aromatic N) is 3. The van der Waals surface area contributed by atoms with Crippen LogP contribution in [0.4, 0.5) is 17.1 Å². The quantitative estimate of drug-likeness (QED) is 0.505. The van der Waals surface area contributed by atoms with Gasteiger partial charge in [-0.15, -0.1) is 0 Å². The largest absolute Gasteiger partial charge is 0.497 e. The average molecular weight is 478 g/mol. The van der Waals surface area contributed by atoms with Gasteiger partial charge in [0.1, 0.15) is 11.7 Å². The zero-order valence-corrected chi connectivity index (χ0v) is 19.8. The van der Waals surface area contributed by atoms with Crippen LogP contribution in [-0.2, 0) is 14.4 Å². The van der Waals surface area contributed by atoms with Crippen molar-refractivity contribution in [2.24, 2.45) is 5.92 Å². The SMILES string of the molecule is COc1cccc(N2C(=O)C3ON(c4ccc(Cl)cc4)C(c4ccc(N(C)C)cc4)C3C2=O)c1. The second kappa shape index (κ2) is 8.66. The van der Waals surface area contributed by atoms with Gasteiger partial charge in [-0.05, 0) is 54.1 Å². The Labute approximate surface area is 203 Å². The Hall–Kier alpha value is -3.55. The molecule has 34 heavy (non-hydrogen) atoms. The molecule has 8 heteroatoms. The van der Waals surface area contributed by atoms with Gasteiger partial charge in [-0.2, -0.15) is 0 Å². The molecule has 0 aliphatic carbocycles. The number of imide groups is 1. The van der Waals surface area contributed by atoms with Crippen LogP contribution in [0, 0.1) is 5.92 Å². The average Bonchev–Trinajstić information content (AvgIpc) is 3.35. The molecule has 3 aromatic carbocycles. The molecule has 5 rings (SSSR count). The van der Waals surface area contributed by atoms with Gasteiger partial charge in [0.15, 0.2) is 6.10 Å². The predicted molar refractivity (Wildman–Crippen MR) is 131 cm³/mol. The number of benzene rings is 3. The lowest BCUT2D eigenvalue weighted by Crippen LogP contribution is -2.37. The molecule has 0 spiro atoms. The van der Waals surface area contributed by atoms with Gasteiger partial charge in [-0.1, -0.05) is 29.8 Å². The summed E-state index contributed by atoms with van der Waals surface area (Å²) < 4.78 is 5.28. The number of hydrogen-bond acceptors (Lipinski definition) is 6. The fourth-order valence-electron chi connectivity index (χ4n) is 4.54. The molecule has 3 unspecified atom stereocenters. The highest BCUT2D eigenvalue weighted by molar-refractivity contribution is 6.30. The Morgan fingerprint density at radius 2 is 1.62 bits per heavy atom. The van der Waals surface area contributed by atoms with Crippen molar-refractivity contribution in [3.63, 3.8) is 0 Å². The number of amides is 2. The molecule has 2 heterocycles. The highest BCUT2D eigenvalue weighted by Gasteiger charge is 2.60. The molecule has 2 fully saturated rings. The second-order valence-electron chi connectivity index (χ2n) is 8.50. The smallest absolute Gasteiger partial charge is 0.266 e. The van der Waals surface area contributed by atoms with Gasteiger partial charge in [0.05, 0.1) is 24.5 Å². The number of rotatable bonds is 5. The third-order valence-corrected chi connectivity index (χ3v) is 6.51. The summed E-state index contributed by atoms with van der Waals surface area (Å²) in [6.45, 7) is 0. The Balaban J connectivity index is 1.56. The van der Waals surface area contributed by atoms with Crippen LogP contribution in [0.5, 0.6) is 5.75 Å². The first kappa shape index (κ1) is 22.3. The summed E-state index contributed by atoms with van der Waals surface area (Å²) in [5, 5.41) is 2.25. The zero-order valence-electron chi connectivity index (χ0n) is 19.0. The molecule has 0 N–H and O–H groups in total. The van der Waals surface area contributed by atoms with E-state index in [9.17, 15) is 9.59 Å². The number of ether oxygens (including phenoxy) is 1. The molecule has 0 saturated carbocycles. The normalized spacial score (nSPS) is 21.7. The van der Waals surface area contributed by atoms with Gasteiger partial charge in [0.2, 0.25) is 5.91 Å². The summed E-state index contributed by atoms with van der Waals surface area (Å²) in [6, 6.07) is 21.5. The summed E-state index contributed by atoms with van der Waals surface area (Å²) in [5.41, 5.74) is 3.09. The number of carbonyl (C=O) groups excluding carboxylic acids is 2. The van der Waals surface area contributed by atoms with E-state index >= 15 is 0 Å². The molecule has 0 aromatic heterocycles. The molecule has 0 bridgehead atoms. The zero-order chi connectivity index (χ0) is 24.0. The number of fused-ring (bicyclic) bond motifs is 1. The summed E-state index contributed by atoms with van der Waals surface area (Å²) in [4.78, 5) is 36.5. The summed E-state index contributed by atoms with van der Waals surface area (Å²) >= 11 is 6.08. The molecule has 2 aliphatic heterocycles. The van der Waals surface area contributed by atoms with E-state index in [2.05, 4.69) is 0 Å². The second-order valence-corrected chi connectivity index (χ2v) is 8.93. The molecule has 2 aliphatic rings. The van der Waals surface area contributed by atoms with Crippen molar-refractivity contribution < 1.29 is 19.2 Å². The summed E-state index contributed by atoms with van der Waals surface area (Å²) in [5.74, 6) is -0.842. The van der Waals surface area contributed by atoms with Crippen LogP contribution in [-0.4, -0.2) is 39.1 Å². The van der Waals surface area contributed by atoms with Crippen molar-refractivity contribution in [3.05, 3.63) is 83.4 Å². The number of hydroxylamine groups is 1. The lowest BCUT2D eigenvalue weighted by atomic mass is 9.90. The first-order chi connectivity index (χ1) is 16.4. The van der Waals surface area contributed by atoms with E-state index in [1.807, 2.05) is 55.4 Å². The first-order valence-electron chi connectivity index (χ1n) is 10.9. The van der Waals surface area contributed by atoms with Crippen LogP contribution in [0.2, 0.25) is 5.02 Å². The predicted octanol–water partition coefficient (Wildman–Crippen LogP) is 4.47. The van der Waals surface area contributed by atoms with Crippen LogP contribution in [0.25, 0.3) is 0 Å². The molecule has 3 aromatic rings. The maximum atomic E-state index is 13.7. The highest BCUT2D eigenvalue weighted by atomic mass is 35.5. The third-order valence-electron chi connectivity index (χ3n) is 6.26. The van der Waals surface area contributed by atoms with Gasteiger partial charge >= 0.3 is 0 Å². The number of methoxy groups -OCH3 is 1. The minimum Gasteiger partial charge on any atom is -0.497 e. The van der Waals surface area contributed by atoms with Crippen LogP contribution in [0.15, 0.2) is 72.8 Å². The standard InChI is InChI=1S/C26H24ClN3O4/c1-28(2)18-11-7-16(8-12-18)23-22-24(34-30(23)19-13-9-17(27)10-14-19)26(32)29(25(22)31)20-5-4-6-21(15-20)33-3/h4-15,22-24H,1-3H3. The van der Waals surface area contributed by atoms with Crippen molar-refractivity contribution in [1.82, 2.24) is 0 Å². The summed E-state index contributed by atoms with van der Waals surface area (Å²) in [6.07, 6.45) is -0.937. The molecule has 174 valence electrons. The van der Waals surface area contributed by atoms with Crippen LogP contribution in [0.3, 0.4) is 0 Å². The maximum absolute atomic E-state index is 13.7. The van der Waals surface area contributed by atoms with E-state index in [0.717, 1.165) is 11.3 Å². The monoisotopic (exact) mass is 477 g/mol. The number of carbonyl (C=O) groups is 2. The van der Waals surface area contributed by atoms with Crippen molar-refractivity contribution in [3.8, 4) is 5.75 Å².